The summed E-state index contributed by atoms with van der Waals surface area (Å²) in [6, 6.07) is 73.9. The summed E-state index contributed by atoms with van der Waals surface area (Å²) < 4.78 is 0. The lowest BCUT2D eigenvalue weighted by atomic mass is 9.64. The van der Waals surface area contributed by atoms with E-state index in [4.69, 9.17) is 15.7 Å². The van der Waals surface area contributed by atoms with Crippen LogP contribution in [-0.4, -0.2) is 11.7 Å². The van der Waals surface area contributed by atoms with Crippen molar-refractivity contribution in [1.29, 1.82) is 0 Å². The molecule has 1 heterocycles. The van der Waals surface area contributed by atoms with E-state index < -0.39 is 5.41 Å². The number of hydrogen-bond donors (Lipinski definition) is 1. The summed E-state index contributed by atoms with van der Waals surface area (Å²) in [6.07, 6.45) is 0. The number of anilines is 3. The van der Waals surface area contributed by atoms with E-state index in [1.807, 2.05) is 60.7 Å². The summed E-state index contributed by atoms with van der Waals surface area (Å²) in [4.78, 5) is 12.6. The topological polar surface area (TPSA) is 54.0 Å². The summed E-state index contributed by atoms with van der Waals surface area (Å²) in [5, 5.41) is 4.84. The van der Waals surface area contributed by atoms with Gasteiger partial charge >= 0.3 is 0 Å². The molecule has 274 valence electrons. The Morgan fingerprint density at radius 2 is 0.948 bits per heavy atom. The van der Waals surface area contributed by atoms with Crippen LogP contribution in [0.25, 0.3) is 32.7 Å². The van der Waals surface area contributed by atoms with Gasteiger partial charge < -0.3 is 10.6 Å². The zero-order valence-electron chi connectivity index (χ0n) is 31.8. The number of fused-ring (bicyclic) bond motifs is 11. The van der Waals surface area contributed by atoms with Gasteiger partial charge in [0.05, 0.1) is 23.3 Å². The Labute approximate surface area is 337 Å². The Morgan fingerprint density at radius 1 is 0.448 bits per heavy atom. The van der Waals surface area contributed by atoms with Crippen molar-refractivity contribution in [3.63, 3.8) is 0 Å². The highest BCUT2D eigenvalue weighted by atomic mass is 15.2. The molecule has 11 rings (SSSR count). The van der Waals surface area contributed by atoms with Crippen molar-refractivity contribution >= 4 is 50.3 Å². The first kappa shape index (κ1) is 33.8. The number of nitrogens with zero attached hydrogens (tertiary/aromatic N) is 3. The first-order valence-corrected chi connectivity index (χ1v) is 19.8. The molecule has 0 atom stereocenters. The molecular weight excluding hydrogens is 705 g/mol. The number of amidine groups is 2. The summed E-state index contributed by atoms with van der Waals surface area (Å²) in [6.45, 7) is 0.431. The van der Waals surface area contributed by atoms with Gasteiger partial charge in [-0.2, -0.15) is 0 Å². The quantitative estimate of drug-likeness (QED) is 0.141. The smallest absolute Gasteiger partial charge is 0.157 e. The van der Waals surface area contributed by atoms with Crippen LogP contribution in [-0.2, 0) is 12.0 Å². The molecule has 0 fully saturated rings. The van der Waals surface area contributed by atoms with Crippen LogP contribution in [0.1, 0.15) is 38.9 Å². The van der Waals surface area contributed by atoms with E-state index in [9.17, 15) is 0 Å². The molecule has 0 bridgehead atoms. The van der Waals surface area contributed by atoms with Crippen LogP contribution in [0.4, 0.5) is 17.1 Å². The number of rotatable bonds is 5. The minimum Gasteiger partial charge on any atom is -0.383 e. The van der Waals surface area contributed by atoms with Crippen LogP contribution >= 0.6 is 0 Å². The lowest BCUT2D eigenvalue weighted by molar-refractivity contribution is 0.754. The third-order valence-electron chi connectivity index (χ3n) is 11.9. The monoisotopic (exact) mass is 742 g/mol. The Bertz CT molecular complexity index is 3010. The molecule has 2 N–H and O–H groups in total. The van der Waals surface area contributed by atoms with Crippen molar-refractivity contribution in [3.05, 3.63) is 245 Å². The lowest BCUT2D eigenvalue weighted by Crippen LogP contribution is -2.36. The minimum absolute atomic E-state index is 0.431. The SMILES string of the molecule is NC(=NC(=NCc1ccc2c(c1)C1(c3ccccc3-2)c2cc3ccccc3cc2N(c2ccccc2)c2cc3ccccc3cc21)c1ccccc1)c1ccccc1. The Balaban J connectivity index is 1.18. The van der Waals surface area contributed by atoms with E-state index in [0.29, 0.717) is 18.2 Å². The first-order chi connectivity index (χ1) is 28.7. The second kappa shape index (κ2) is 13.6. The highest BCUT2D eigenvalue weighted by Crippen LogP contribution is 2.64. The minimum atomic E-state index is -0.617. The summed E-state index contributed by atoms with van der Waals surface area (Å²) >= 11 is 0. The van der Waals surface area contributed by atoms with Gasteiger partial charge in [-0.1, -0.05) is 170 Å². The van der Waals surface area contributed by atoms with E-state index in [-0.39, 0.29) is 0 Å². The second-order valence-electron chi connectivity index (χ2n) is 15.1. The maximum atomic E-state index is 6.61. The molecule has 2 aliphatic rings. The highest BCUT2D eigenvalue weighted by Gasteiger charge is 2.52. The summed E-state index contributed by atoms with van der Waals surface area (Å²) in [7, 11) is 0. The normalized spacial score (nSPS) is 14.0. The van der Waals surface area contributed by atoms with E-state index in [1.54, 1.807) is 0 Å². The van der Waals surface area contributed by atoms with Crippen molar-refractivity contribution in [3.8, 4) is 11.1 Å². The van der Waals surface area contributed by atoms with E-state index in [0.717, 1.165) is 22.4 Å². The van der Waals surface area contributed by atoms with Gasteiger partial charge in [0.25, 0.3) is 0 Å². The van der Waals surface area contributed by atoms with Gasteiger partial charge in [0.1, 0.15) is 5.84 Å². The van der Waals surface area contributed by atoms with Crippen LogP contribution in [0.2, 0.25) is 0 Å². The van der Waals surface area contributed by atoms with Crippen LogP contribution in [0.5, 0.6) is 0 Å². The van der Waals surface area contributed by atoms with Gasteiger partial charge in [-0.25, -0.2) is 4.99 Å². The molecule has 0 saturated carbocycles. The molecule has 0 saturated heterocycles. The molecule has 9 aromatic rings. The fourth-order valence-electron chi connectivity index (χ4n) is 9.29. The van der Waals surface area contributed by atoms with Crippen molar-refractivity contribution in [1.82, 2.24) is 0 Å². The fourth-order valence-corrected chi connectivity index (χ4v) is 9.29. The summed E-state index contributed by atoms with van der Waals surface area (Å²) in [5.74, 6) is 1.04. The molecule has 58 heavy (non-hydrogen) atoms. The predicted molar refractivity (Wildman–Crippen MR) is 241 cm³/mol. The van der Waals surface area contributed by atoms with Gasteiger partial charge in [0.15, 0.2) is 5.84 Å². The number of aliphatic imine (C=N–C) groups is 2. The standard InChI is InChI=1S/C54H38N4/c55-52(37-16-4-1-5-17-37)57-53(38-18-6-2-7-19-38)56-35-36-28-29-45-44-26-14-15-27-46(44)54(47(45)30-36)48-31-39-20-10-12-22-41(39)33-50(48)58(43-24-8-3-9-25-43)51-34-42-23-13-11-21-40(42)32-49(51)54/h1-34H,35H2,(H2,55,56,57). The fraction of sp³-hybridized carbons (Fsp3) is 0.0370. The molecule has 0 amide bonds. The Hall–Kier alpha value is -7.56. The predicted octanol–water partition coefficient (Wildman–Crippen LogP) is 12.5. The summed E-state index contributed by atoms with van der Waals surface area (Å²) in [5.41, 5.74) is 19.9. The van der Waals surface area contributed by atoms with Gasteiger partial charge in [-0.15, -0.1) is 0 Å². The number of benzene rings is 9. The molecule has 0 unspecified atom stereocenters. The Kier molecular flexibility index (Phi) is 7.90. The second-order valence-corrected chi connectivity index (χ2v) is 15.1. The molecule has 0 radical (unpaired) electrons. The third-order valence-corrected chi connectivity index (χ3v) is 11.9. The van der Waals surface area contributed by atoms with Crippen molar-refractivity contribution in [2.75, 3.05) is 4.90 Å². The molecule has 1 spiro atoms. The maximum absolute atomic E-state index is 6.61. The first-order valence-electron chi connectivity index (χ1n) is 19.8. The molecule has 0 aromatic heterocycles. The van der Waals surface area contributed by atoms with Crippen LogP contribution in [0.15, 0.2) is 216 Å². The largest absolute Gasteiger partial charge is 0.383 e. The van der Waals surface area contributed by atoms with Crippen LogP contribution < -0.4 is 10.6 Å². The van der Waals surface area contributed by atoms with Crippen LogP contribution in [0, 0.1) is 0 Å². The van der Waals surface area contributed by atoms with E-state index in [2.05, 4.69) is 150 Å². The van der Waals surface area contributed by atoms with Gasteiger partial charge in [0, 0.05) is 16.8 Å². The molecule has 1 aliphatic carbocycles. The van der Waals surface area contributed by atoms with Crippen molar-refractivity contribution in [2.24, 2.45) is 15.7 Å². The highest BCUT2D eigenvalue weighted by molar-refractivity contribution is 6.11. The molecule has 4 nitrogen and oxygen atoms in total. The average Bonchev–Trinajstić information content (AvgIpc) is 3.57. The molecule has 4 heteroatoms. The zero-order valence-corrected chi connectivity index (χ0v) is 31.8. The van der Waals surface area contributed by atoms with Gasteiger partial charge in [-0.05, 0) is 96.9 Å². The van der Waals surface area contributed by atoms with Gasteiger partial charge in [0.2, 0.25) is 0 Å². The van der Waals surface area contributed by atoms with Crippen LogP contribution in [0.3, 0.4) is 0 Å². The van der Waals surface area contributed by atoms with Crippen molar-refractivity contribution < 1.29 is 0 Å². The molecule has 9 aromatic carbocycles. The Morgan fingerprint density at radius 3 is 1.57 bits per heavy atom. The maximum Gasteiger partial charge on any atom is 0.157 e. The number of nitrogens with two attached hydrogens (primary N) is 1. The van der Waals surface area contributed by atoms with E-state index >= 15 is 0 Å². The molecule has 1 aliphatic heterocycles. The number of para-hydroxylation sites is 1. The van der Waals surface area contributed by atoms with Gasteiger partial charge in [-0.3, -0.25) is 4.99 Å². The van der Waals surface area contributed by atoms with E-state index in [1.165, 1.54) is 66.3 Å². The zero-order chi connectivity index (χ0) is 38.6. The number of hydrogen-bond acceptors (Lipinski definition) is 2. The average molecular weight is 743 g/mol. The van der Waals surface area contributed by atoms with Crippen molar-refractivity contribution in [2.45, 2.75) is 12.0 Å². The third kappa shape index (κ3) is 5.30. The lowest BCUT2D eigenvalue weighted by Gasteiger charge is -2.45. The molecular formula is C54H38N4.